The van der Waals surface area contributed by atoms with Gasteiger partial charge < -0.3 is 24.2 Å². The number of hydrogen-bond acceptors (Lipinski definition) is 5. The molecule has 7 nitrogen and oxygen atoms in total. The number of methoxy groups -OCH3 is 1. The van der Waals surface area contributed by atoms with Crippen LogP contribution >= 0.6 is 0 Å². The predicted octanol–water partition coefficient (Wildman–Crippen LogP) is 3.05. The number of rotatable bonds is 6. The van der Waals surface area contributed by atoms with Crippen LogP contribution in [0.2, 0.25) is 0 Å². The molecule has 0 spiro atoms. The van der Waals surface area contributed by atoms with E-state index in [0.717, 1.165) is 13.1 Å². The summed E-state index contributed by atoms with van der Waals surface area (Å²) in [6.45, 7) is 3.67. The molecule has 188 valence electrons. The fourth-order valence-corrected chi connectivity index (χ4v) is 4.63. The van der Waals surface area contributed by atoms with E-state index in [4.69, 9.17) is 9.47 Å². The molecule has 0 unspecified atom stereocenters. The van der Waals surface area contributed by atoms with Gasteiger partial charge in [0.05, 0.1) is 7.11 Å². The van der Waals surface area contributed by atoms with Crippen LogP contribution < -0.4 is 9.47 Å². The van der Waals surface area contributed by atoms with Crippen LogP contribution in [0.5, 0.6) is 11.5 Å². The van der Waals surface area contributed by atoms with Crippen molar-refractivity contribution in [3.05, 3.63) is 59.7 Å². The van der Waals surface area contributed by atoms with E-state index in [2.05, 4.69) is 4.90 Å². The van der Waals surface area contributed by atoms with E-state index in [1.165, 1.54) is 37.4 Å². The third-order valence-electron chi connectivity index (χ3n) is 6.74. The van der Waals surface area contributed by atoms with Gasteiger partial charge in [0, 0.05) is 63.6 Å². The van der Waals surface area contributed by atoms with Crippen LogP contribution in [0.1, 0.15) is 23.2 Å². The van der Waals surface area contributed by atoms with Crippen LogP contribution in [0.25, 0.3) is 0 Å². The molecule has 35 heavy (non-hydrogen) atoms. The first-order valence-electron chi connectivity index (χ1n) is 11.9. The highest BCUT2D eigenvalue weighted by Gasteiger charge is 2.36. The number of piperidine rings is 1. The van der Waals surface area contributed by atoms with E-state index in [1.807, 2.05) is 11.9 Å². The number of amides is 2. The number of halogens is 2. The molecule has 2 aromatic carbocycles. The second kappa shape index (κ2) is 11.0. The van der Waals surface area contributed by atoms with Crippen molar-refractivity contribution in [2.75, 3.05) is 53.4 Å². The molecule has 2 atom stereocenters. The second-order valence-corrected chi connectivity index (χ2v) is 9.15. The lowest BCUT2D eigenvalue weighted by molar-refractivity contribution is -0.135. The van der Waals surface area contributed by atoms with Gasteiger partial charge in [-0.2, -0.15) is 0 Å². The number of hydrogen-bond donors (Lipinski definition) is 0. The SMILES string of the molecule is COc1ccc(C(=O)N2CC[C@H](Oc3ccc(F)cc3)[C@@H](CC(=O)N3CCN(C)CC3)C2)cc1F. The average molecular weight is 488 g/mol. The molecule has 0 bridgehead atoms. The summed E-state index contributed by atoms with van der Waals surface area (Å²) in [4.78, 5) is 32.0. The molecule has 9 heteroatoms. The number of likely N-dealkylation sites (tertiary alicyclic amines) is 1. The van der Waals surface area contributed by atoms with Gasteiger partial charge in [-0.3, -0.25) is 9.59 Å². The summed E-state index contributed by atoms with van der Waals surface area (Å²) >= 11 is 0. The molecular formula is C26H31F2N3O4. The van der Waals surface area contributed by atoms with Gasteiger partial charge in [0.15, 0.2) is 11.6 Å². The fraction of sp³-hybridized carbons (Fsp3) is 0.462. The Morgan fingerprint density at radius 1 is 0.971 bits per heavy atom. The third-order valence-corrected chi connectivity index (χ3v) is 6.74. The topological polar surface area (TPSA) is 62.3 Å². The van der Waals surface area contributed by atoms with Crippen LogP contribution in [0.15, 0.2) is 42.5 Å². The van der Waals surface area contributed by atoms with Crippen molar-refractivity contribution >= 4 is 11.8 Å². The van der Waals surface area contributed by atoms with Gasteiger partial charge in [-0.1, -0.05) is 0 Å². The monoisotopic (exact) mass is 487 g/mol. The van der Waals surface area contributed by atoms with Crippen LogP contribution in [-0.4, -0.2) is 86.0 Å². The number of carbonyl (C=O) groups is 2. The Morgan fingerprint density at radius 3 is 2.34 bits per heavy atom. The second-order valence-electron chi connectivity index (χ2n) is 9.15. The van der Waals surface area contributed by atoms with E-state index in [9.17, 15) is 18.4 Å². The molecule has 2 heterocycles. The van der Waals surface area contributed by atoms with Gasteiger partial charge in [-0.15, -0.1) is 0 Å². The maximum Gasteiger partial charge on any atom is 0.253 e. The van der Waals surface area contributed by atoms with Gasteiger partial charge in [0.2, 0.25) is 5.91 Å². The predicted molar refractivity (Wildman–Crippen MR) is 126 cm³/mol. The Bertz CT molecular complexity index is 1040. The Balaban J connectivity index is 1.49. The van der Waals surface area contributed by atoms with Crippen molar-refractivity contribution in [1.82, 2.24) is 14.7 Å². The minimum absolute atomic E-state index is 0.0283. The van der Waals surface area contributed by atoms with E-state index < -0.39 is 5.82 Å². The summed E-state index contributed by atoms with van der Waals surface area (Å²) in [5.74, 6) is -0.896. The van der Waals surface area contributed by atoms with E-state index >= 15 is 0 Å². The molecule has 2 aliphatic rings. The molecule has 0 N–H and O–H groups in total. The summed E-state index contributed by atoms with van der Waals surface area (Å²) in [5.41, 5.74) is 0.227. The van der Waals surface area contributed by atoms with Gasteiger partial charge >= 0.3 is 0 Å². The molecule has 4 rings (SSSR count). The Kier molecular flexibility index (Phi) is 7.85. The van der Waals surface area contributed by atoms with Crippen molar-refractivity contribution in [3.8, 4) is 11.5 Å². The zero-order valence-electron chi connectivity index (χ0n) is 20.1. The van der Waals surface area contributed by atoms with E-state index in [1.54, 1.807) is 17.0 Å². The molecule has 2 aromatic rings. The molecule has 2 fully saturated rings. The number of carbonyl (C=O) groups excluding carboxylic acids is 2. The quantitative estimate of drug-likeness (QED) is 0.627. The zero-order valence-corrected chi connectivity index (χ0v) is 20.1. The fourth-order valence-electron chi connectivity index (χ4n) is 4.63. The Labute approximate surface area is 204 Å². The maximum absolute atomic E-state index is 14.2. The summed E-state index contributed by atoms with van der Waals surface area (Å²) in [7, 11) is 3.40. The number of piperazine rings is 1. The lowest BCUT2D eigenvalue weighted by atomic mass is 9.90. The third kappa shape index (κ3) is 6.08. The van der Waals surface area contributed by atoms with Gasteiger partial charge in [0.1, 0.15) is 17.7 Å². The Hall–Kier alpha value is -3.20. The standard InChI is InChI=1S/C26H31F2N3O4/c1-29-11-13-30(14-12-29)25(32)16-19-17-31(26(33)18-3-8-24(34-2)22(28)15-18)10-9-23(19)35-21-6-4-20(27)5-7-21/h3-8,15,19,23H,9-14,16-17H2,1-2H3/t19-,23-/m0/s1. The molecule has 2 saturated heterocycles. The van der Waals surface area contributed by atoms with Crippen molar-refractivity contribution in [1.29, 1.82) is 0 Å². The van der Waals surface area contributed by atoms with Crippen LogP contribution in [0.3, 0.4) is 0 Å². The lowest BCUT2D eigenvalue weighted by Gasteiger charge is -2.40. The number of benzene rings is 2. The highest BCUT2D eigenvalue weighted by molar-refractivity contribution is 5.94. The highest BCUT2D eigenvalue weighted by Crippen LogP contribution is 2.28. The van der Waals surface area contributed by atoms with Gasteiger partial charge in [-0.25, -0.2) is 8.78 Å². The van der Waals surface area contributed by atoms with Crippen LogP contribution in [-0.2, 0) is 4.79 Å². The minimum atomic E-state index is -0.602. The maximum atomic E-state index is 14.2. The number of ether oxygens (including phenoxy) is 2. The average Bonchev–Trinajstić information content (AvgIpc) is 2.86. The summed E-state index contributed by atoms with van der Waals surface area (Å²) in [6.07, 6.45) is 0.423. The van der Waals surface area contributed by atoms with Crippen molar-refractivity contribution < 1.29 is 27.8 Å². The van der Waals surface area contributed by atoms with Gasteiger partial charge in [-0.05, 0) is 49.5 Å². The first kappa shape index (κ1) is 24.9. The normalized spacial score (nSPS) is 21.0. The van der Waals surface area contributed by atoms with Crippen LogP contribution in [0.4, 0.5) is 8.78 Å². The van der Waals surface area contributed by atoms with Gasteiger partial charge in [0.25, 0.3) is 5.91 Å². The van der Waals surface area contributed by atoms with E-state index in [0.29, 0.717) is 38.3 Å². The molecule has 2 amide bonds. The minimum Gasteiger partial charge on any atom is -0.494 e. The zero-order chi connectivity index (χ0) is 24.9. The highest BCUT2D eigenvalue weighted by atomic mass is 19.1. The lowest BCUT2D eigenvalue weighted by Crippen LogP contribution is -2.51. The van der Waals surface area contributed by atoms with Crippen molar-refractivity contribution in [2.24, 2.45) is 5.92 Å². The summed E-state index contributed by atoms with van der Waals surface area (Å²) in [5, 5.41) is 0. The molecule has 0 aliphatic carbocycles. The smallest absolute Gasteiger partial charge is 0.253 e. The number of nitrogens with zero attached hydrogens (tertiary/aromatic N) is 3. The van der Waals surface area contributed by atoms with E-state index in [-0.39, 0.29) is 47.4 Å². The van der Waals surface area contributed by atoms with Crippen molar-refractivity contribution in [3.63, 3.8) is 0 Å². The molecule has 0 aromatic heterocycles. The first-order chi connectivity index (χ1) is 16.8. The largest absolute Gasteiger partial charge is 0.494 e. The Morgan fingerprint density at radius 2 is 1.69 bits per heavy atom. The molecule has 0 radical (unpaired) electrons. The van der Waals surface area contributed by atoms with Crippen molar-refractivity contribution in [2.45, 2.75) is 18.9 Å². The first-order valence-corrected chi connectivity index (χ1v) is 11.9. The summed E-state index contributed by atoms with van der Waals surface area (Å²) < 4.78 is 38.6. The van der Waals surface area contributed by atoms with Crippen LogP contribution in [0, 0.1) is 17.6 Å². The summed E-state index contributed by atoms with van der Waals surface area (Å²) in [6, 6.07) is 9.93. The number of likely N-dealkylation sites (N-methyl/N-ethyl adjacent to an activating group) is 1. The molecule has 0 saturated carbocycles. The molecular weight excluding hydrogens is 456 g/mol. The molecule has 2 aliphatic heterocycles.